The largest absolute Gasteiger partial charge is 0.353 e. The van der Waals surface area contributed by atoms with Crippen LogP contribution in [0.1, 0.15) is 124 Å². The molecule has 0 radical (unpaired) electrons. The van der Waals surface area contributed by atoms with Crippen LogP contribution in [0, 0.1) is 0 Å². The van der Waals surface area contributed by atoms with Gasteiger partial charge in [-0.3, -0.25) is 0 Å². The van der Waals surface area contributed by atoms with Crippen molar-refractivity contribution in [3.8, 4) is 0 Å². The van der Waals surface area contributed by atoms with Crippen LogP contribution in [0.25, 0.3) is 0 Å². The van der Waals surface area contributed by atoms with Crippen LogP contribution in [0.3, 0.4) is 0 Å². The second-order valence-corrected chi connectivity index (χ2v) is 9.48. The molecule has 1 unspecified atom stereocenters. The smallest absolute Gasteiger partial charge is 0.157 e. The molecular formula is C23H50O2Si. The lowest BCUT2D eigenvalue weighted by atomic mass is 10.0. The van der Waals surface area contributed by atoms with Crippen LogP contribution in [0.4, 0.5) is 0 Å². The fourth-order valence-corrected chi connectivity index (χ4v) is 4.47. The van der Waals surface area contributed by atoms with E-state index >= 15 is 0 Å². The average Bonchev–Trinajstić information content (AvgIpc) is 2.64. The van der Waals surface area contributed by atoms with Crippen molar-refractivity contribution < 1.29 is 9.47 Å². The summed E-state index contributed by atoms with van der Waals surface area (Å²) in [5.41, 5.74) is 0.650. The molecule has 0 aliphatic carbocycles. The zero-order chi connectivity index (χ0) is 19.3. The van der Waals surface area contributed by atoms with Crippen LogP contribution in [-0.2, 0) is 9.47 Å². The minimum absolute atomic E-state index is 0.0586. The highest BCUT2D eigenvalue weighted by Gasteiger charge is 2.16. The summed E-state index contributed by atoms with van der Waals surface area (Å²) in [6.45, 7) is 7.95. The van der Waals surface area contributed by atoms with Gasteiger partial charge in [0.1, 0.15) is 0 Å². The Morgan fingerprint density at radius 3 is 1.23 bits per heavy atom. The highest BCUT2D eigenvalue weighted by Crippen LogP contribution is 2.21. The van der Waals surface area contributed by atoms with E-state index in [1.807, 2.05) is 0 Å². The molecule has 1 atom stereocenters. The summed E-state index contributed by atoms with van der Waals surface area (Å²) in [7, 11) is 1.17. The third-order valence-electron chi connectivity index (χ3n) is 5.39. The van der Waals surface area contributed by atoms with E-state index in [1.165, 1.54) is 113 Å². The van der Waals surface area contributed by atoms with Crippen molar-refractivity contribution in [2.24, 2.45) is 0 Å². The molecule has 0 aliphatic heterocycles. The van der Waals surface area contributed by atoms with Crippen molar-refractivity contribution >= 4 is 10.2 Å². The zero-order valence-corrected chi connectivity index (χ0v) is 20.7. The third-order valence-corrected chi connectivity index (χ3v) is 6.51. The standard InChI is InChI=1S/C23H50O2Si/c1-4-7-8-9-10-11-12-13-14-15-16-17-18-19-20-21-22(26)23(24-5-2)25-6-3/h22-23H,4-21H2,1-3,26H3. The van der Waals surface area contributed by atoms with Crippen LogP contribution < -0.4 is 0 Å². The first kappa shape index (κ1) is 26.1. The van der Waals surface area contributed by atoms with Gasteiger partial charge in [-0.2, -0.15) is 0 Å². The van der Waals surface area contributed by atoms with E-state index in [-0.39, 0.29) is 6.29 Å². The maximum Gasteiger partial charge on any atom is 0.157 e. The van der Waals surface area contributed by atoms with Crippen LogP contribution >= 0.6 is 0 Å². The molecule has 0 rings (SSSR count). The van der Waals surface area contributed by atoms with Gasteiger partial charge in [-0.25, -0.2) is 0 Å². The topological polar surface area (TPSA) is 18.5 Å². The van der Waals surface area contributed by atoms with Gasteiger partial charge in [-0.05, 0) is 25.8 Å². The lowest BCUT2D eigenvalue weighted by molar-refractivity contribution is -0.139. The molecule has 158 valence electrons. The van der Waals surface area contributed by atoms with Gasteiger partial charge in [0.2, 0.25) is 0 Å². The van der Waals surface area contributed by atoms with E-state index in [1.54, 1.807) is 0 Å². The van der Waals surface area contributed by atoms with Gasteiger partial charge in [0, 0.05) is 23.5 Å². The number of hydrogen-bond donors (Lipinski definition) is 0. The van der Waals surface area contributed by atoms with Gasteiger partial charge >= 0.3 is 0 Å². The Balaban J connectivity index is 3.28. The minimum Gasteiger partial charge on any atom is -0.353 e. The Kier molecular flexibility index (Phi) is 21.5. The second-order valence-electron chi connectivity index (χ2n) is 7.99. The maximum absolute atomic E-state index is 5.73. The second kappa shape index (κ2) is 21.4. The molecular weight excluding hydrogens is 336 g/mol. The summed E-state index contributed by atoms with van der Waals surface area (Å²) >= 11 is 0. The monoisotopic (exact) mass is 386 g/mol. The van der Waals surface area contributed by atoms with Gasteiger partial charge in [0.15, 0.2) is 6.29 Å². The van der Waals surface area contributed by atoms with Crippen molar-refractivity contribution in [3.05, 3.63) is 0 Å². The van der Waals surface area contributed by atoms with Crippen LogP contribution in [-0.4, -0.2) is 29.7 Å². The molecule has 2 nitrogen and oxygen atoms in total. The summed E-state index contributed by atoms with van der Waals surface area (Å²) in [6.07, 6.45) is 22.9. The van der Waals surface area contributed by atoms with E-state index in [2.05, 4.69) is 20.8 Å². The van der Waals surface area contributed by atoms with Gasteiger partial charge < -0.3 is 9.47 Å². The lowest BCUT2D eigenvalue weighted by Gasteiger charge is -2.23. The molecule has 0 saturated heterocycles. The number of ether oxygens (including phenoxy) is 2. The van der Waals surface area contributed by atoms with Crippen molar-refractivity contribution in [2.75, 3.05) is 13.2 Å². The third kappa shape index (κ3) is 17.5. The minimum atomic E-state index is 0.0586. The molecule has 0 N–H and O–H groups in total. The predicted molar refractivity (Wildman–Crippen MR) is 120 cm³/mol. The molecule has 0 aromatic rings. The molecule has 0 heterocycles. The van der Waals surface area contributed by atoms with E-state index in [0.29, 0.717) is 5.54 Å². The molecule has 3 heteroatoms. The fourth-order valence-electron chi connectivity index (χ4n) is 3.68. The summed E-state index contributed by atoms with van der Waals surface area (Å²) in [5.74, 6) is 0. The molecule has 0 fully saturated rings. The van der Waals surface area contributed by atoms with Crippen LogP contribution in [0.2, 0.25) is 5.54 Å². The highest BCUT2D eigenvalue weighted by atomic mass is 28.1. The lowest BCUT2D eigenvalue weighted by Crippen LogP contribution is -2.23. The predicted octanol–water partition coefficient (Wildman–Crippen LogP) is 6.80. The van der Waals surface area contributed by atoms with Gasteiger partial charge in [-0.15, -0.1) is 0 Å². The van der Waals surface area contributed by atoms with Crippen LogP contribution in [0.15, 0.2) is 0 Å². The molecule has 0 aromatic heterocycles. The van der Waals surface area contributed by atoms with E-state index in [0.717, 1.165) is 13.2 Å². The Morgan fingerprint density at radius 1 is 0.538 bits per heavy atom. The zero-order valence-electron chi connectivity index (χ0n) is 18.7. The number of rotatable bonds is 21. The normalized spacial score (nSPS) is 12.9. The number of unbranched alkanes of at least 4 members (excludes halogenated alkanes) is 14. The summed E-state index contributed by atoms with van der Waals surface area (Å²) < 4.78 is 11.5. The average molecular weight is 387 g/mol. The summed E-state index contributed by atoms with van der Waals surface area (Å²) in [5, 5.41) is 0. The fraction of sp³-hybridized carbons (Fsp3) is 1.00. The maximum atomic E-state index is 5.73. The first-order valence-corrected chi connectivity index (χ1v) is 13.1. The van der Waals surface area contributed by atoms with Gasteiger partial charge in [-0.1, -0.05) is 103 Å². The molecule has 0 saturated carbocycles. The van der Waals surface area contributed by atoms with Gasteiger partial charge in [0.05, 0.1) is 0 Å². The SMILES string of the molecule is CCCCCCCCCCCCCCCCCC([SiH3])C(OCC)OCC. The Bertz CT molecular complexity index is 255. The highest BCUT2D eigenvalue weighted by molar-refractivity contribution is 6.11. The molecule has 0 spiro atoms. The molecule has 26 heavy (non-hydrogen) atoms. The van der Waals surface area contributed by atoms with E-state index < -0.39 is 0 Å². The van der Waals surface area contributed by atoms with E-state index in [4.69, 9.17) is 9.47 Å². The first-order chi connectivity index (χ1) is 12.8. The van der Waals surface area contributed by atoms with Crippen molar-refractivity contribution in [1.82, 2.24) is 0 Å². The van der Waals surface area contributed by atoms with E-state index in [9.17, 15) is 0 Å². The molecule has 0 aliphatic rings. The van der Waals surface area contributed by atoms with Gasteiger partial charge in [0.25, 0.3) is 0 Å². The Morgan fingerprint density at radius 2 is 0.885 bits per heavy atom. The Hall–Kier alpha value is 0.137. The van der Waals surface area contributed by atoms with Crippen molar-refractivity contribution in [1.29, 1.82) is 0 Å². The summed E-state index contributed by atoms with van der Waals surface area (Å²) in [6, 6.07) is 0. The quantitative estimate of drug-likeness (QED) is 0.123. The number of hydrogen-bond acceptors (Lipinski definition) is 2. The van der Waals surface area contributed by atoms with Crippen molar-refractivity contribution in [3.63, 3.8) is 0 Å². The molecule has 0 bridgehead atoms. The van der Waals surface area contributed by atoms with Crippen molar-refractivity contribution in [2.45, 2.75) is 135 Å². The Labute approximate surface area is 168 Å². The summed E-state index contributed by atoms with van der Waals surface area (Å²) in [4.78, 5) is 0. The van der Waals surface area contributed by atoms with Crippen LogP contribution in [0.5, 0.6) is 0 Å². The molecule has 0 amide bonds. The molecule has 0 aromatic carbocycles. The first-order valence-electron chi connectivity index (χ1n) is 12.0.